The molecule has 112 valence electrons. The highest BCUT2D eigenvalue weighted by molar-refractivity contribution is 6.31. The number of pyridine rings is 1. The third kappa shape index (κ3) is 2.48. The molecular weight excluding hydrogens is 300 g/mol. The zero-order valence-electron chi connectivity index (χ0n) is 12.5. The average molecular weight is 315 g/mol. The van der Waals surface area contributed by atoms with E-state index >= 15 is 0 Å². The lowest BCUT2D eigenvalue weighted by atomic mass is 10.1. The fraction of sp³-hybridized carbons (Fsp3) is 0.250. The maximum absolute atomic E-state index is 12.8. The van der Waals surface area contributed by atoms with Crippen molar-refractivity contribution in [1.82, 2.24) is 19.5 Å². The van der Waals surface area contributed by atoms with E-state index in [9.17, 15) is 4.79 Å². The first-order valence-corrected chi connectivity index (χ1v) is 7.23. The number of aromatic nitrogens is 4. The summed E-state index contributed by atoms with van der Waals surface area (Å²) in [4.78, 5) is 25.2. The first kappa shape index (κ1) is 14.7. The van der Waals surface area contributed by atoms with Gasteiger partial charge in [0.05, 0.1) is 5.56 Å². The van der Waals surface area contributed by atoms with Crippen molar-refractivity contribution in [2.24, 2.45) is 0 Å². The van der Waals surface area contributed by atoms with Crippen LogP contribution in [0.2, 0.25) is 5.02 Å². The molecule has 0 amide bonds. The van der Waals surface area contributed by atoms with Crippen molar-refractivity contribution in [3.8, 4) is 0 Å². The largest absolute Gasteiger partial charge is 0.326 e. The zero-order valence-corrected chi connectivity index (χ0v) is 13.3. The molecule has 3 rings (SSSR count). The highest BCUT2D eigenvalue weighted by atomic mass is 35.5. The van der Waals surface area contributed by atoms with Gasteiger partial charge in [-0.1, -0.05) is 11.6 Å². The molecule has 3 aromatic rings. The quantitative estimate of drug-likeness (QED) is 0.680. The molecule has 0 saturated heterocycles. The summed E-state index contributed by atoms with van der Waals surface area (Å²) in [7, 11) is 0. The van der Waals surface area contributed by atoms with Gasteiger partial charge in [-0.25, -0.2) is 9.97 Å². The second-order valence-corrected chi connectivity index (χ2v) is 6.47. The third-order valence-corrected chi connectivity index (χ3v) is 3.62. The molecule has 0 atom stereocenters. The minimum Gasteiger partial charge on any atom is -0.326 e. The Bertz CT molecular complexity index is 864. The van der Waals surface area contributed by atoms with Gasteiger partial charge in [0.25, 0.3) is 0 Å². The number of rotatable bonds is 2. The summed E-state index contributed by atoms with van der Waals surface area (Å²) in [6, 6.07) is 3.20. The molecule has 0 bridgehead atoms. The second kappa shape index (κ2) is 5.18. The van der Waals surface area contributed by atoms with E-state index in [-0.39, 0.29) is 11.3 Å². The Labute approximate surface area is 133 Å². The lowest BCUT2D eigenvalue weighted by Gasteiger charge is -2.21. The van der Waals surface area contributed by atoms with Crippen LogP contribution in [0.3, 0.4) is 0 Å². The number of nitrogens with zero attached hydrogens (tertiary/aromatic N) is 4. The minimum absolute atomic E-state index is 0.190. The number of hydrogen-bond donors (Lipinski definition) is 0. The number of carbonyl (C=O) groups excluding carboxylic acids is 1. The van der Waals surface area contributed by atoms with E-state index < -0.39 is 0 Å². The molecule has 0 unspecified atom stereocenters. The van der Waals surface area contributed by atoms with Gasteiger partial charge in [-0.15, -0.1) is 0 Å². The molecular formula is C16H15ClN4O. The maximum atomic E-state index is 12.8. The highest BCUT2D eigenvalue weighted by Crippen LogP contribution is 2.27. The van der Waals surface area contributed by atoms with Crippen LogP contribution in [0.15, 0.2) is 37.1 Å². The van der Waals surface area contributed by atoms with Crippen molar-refractivity contribution in [2.45, 2.75) is 26.3 Å². The van der Waals surface area contributed by atoms with Gasteiger partial charge in [-0.05, 0) is 32.9 Å². The molecule has 0 spiro atoms. The van der Waals surface area contributed by atoms with Crippen LogP contribution in [0.25, 0.3) is 11.0 Å². The predicted molar refractivity (Wildman–Crippen MR) is 85.2 cm³/mol. The van der Waals surface area contributed by atoms with E-state index in [2.05, 4.69) is 35.7 Å². The Morgan fingerprint density at radius 3 is 2.73 bits per heavy atom. The standard InChI is InChI=1S/C16H15ClN4O/c1-16(2,3)21-8-12(11-7-18-9-20-15(11)21)14(22)13-6-10(17)4-5-19-13/h4-9H,1-3H3. The summed E-state index contributed by atoms with van der Waals surface area (Å²) in [6.07, 6.45) is 6.47. The van der Waals surface area contributed by atoms with E-state index in [4.69, 9.17) is 11.6 Å². The van der Waals surface area contributed by atoms with Crippen LogP contribution in [-0.2, 0) is 5.54 Å². The molecule has 3 heterocycles. The Balaban J connectivity index is 2.21. The van der Waals surface area contributed by atoms with Gasteiger partial charge in [0.15, 0.2) is 0 Å². The fourth-order valence-corrected chi connectivity index (χ4v) is 2.48. The van der Waals surface area contributed by atoms with Crippen molar-refractivity contribution >= 4 is 28.4 Å². The third-order valence-electron chi connectivity index (χ3n) is 3.39. The number of hydrogen-bond acceptors (Lipinski definition) is 4. The van der Waals surface area contributed by atoms with Gasteiger partial charge in [-0.3, -0.25) is 9.78 Å². The number of carbonyl (C=O) groups is 1. The molecule has 5 nitrogen and oxygen atoms in total. The van der Waals surface area contributed by atoms with Crippen LogP contribution < -0.4 is 0 Å². The molecule has 0 aromatic carbocycles. The Morgan fingerprint density at radius 2 is 2.05 bits per heavy atom. The second-order valence-electron chi connectivity index (χ2n) is 6.03. The molecule has 0 fully saturated rings. The number of ketones is 1. The van der Waals surface area contributed by atoms with Gasteiger partial charge in [0.1, 0.15) is 17.7 Å². The van der Waals surface area contributed by atoms with E-state index in [1.165, 1.54) is 12.5 Å². The zero-order chi connectivity index (χ0) is 15.9. The summed E-state index contributed by atoms with van der Waals surface area (Å²) in [6.45, 7) is 6.17. The van der Waals surface area contributed by atoms with E-state index in [0.29, 0.717) is 21.7 Å². The Kier molecular flexibility index (Phi) is 3.45. The smallest absolute Gasteiger partial charge is 0.213 e. The Hall–Kier alpha value is -2.27. The molecule has 0 N–H and O–H groups in total. The van der Waals surface area contributed by atoms with Gasteiger partial charge in [0.2, 0.25) is 5.78 Å². The summed E-state index contributed by atoms with van der Waals surface area (Å²) >= 11 is 5.95. The molecule has 6 heteroatoms. The van der Waals surface area contributed by atoms with E-state index in [1.54, 1.807) is 18.3 Å². The van der Waals surface area contributed by atoms with Crippen LogP contribution >= 0.6 is 11.6 Å². The molecule has 22 heavy (non-hydrogen) atoms. The number of fused-ring (bicyclic) bond motifs is 1. The summed E-state index contributed by atoms with van der Waals surface area (Å²) in [5.74, 6) is -0.190. The lowest BCUT2D eigenvalue weighted by Crippen LogP contribution is -2.21. The molecule has 0 saturated carbocycles. The Morgan fingerprint density at radius 1 is 1.27 bits per heavy atom. The first-order valence-electron chi connectivity index (χ1n) is 6.86. The van der Waals surface area contributed by atoms with Crippen LogP contribution in [0.4, 0.5) is 0 Å². The normalized spacial score (nSPS) is 11.8. The van der Waals surface area contributed by atoms with Crippen molar-refractivity contribution in [3.63, 3.8) is 0 Å². The van der Waals surface area contributed by atoms with Gasteiger partial charge >= 0.3 is 0 Å². The lowest BCUT2D eigenvalue weighted by molar-refractivity contribution is 0.103. The number of halogens is 1. The molecule has 0 radical (unpaired) electrons. The van der Waals surface area contributed by atoms with Gasteiger partial charge < -0.3 is 4.57 Å². The van der Waals surface area contributed by atoms with Gasteiger partial charge in [-0.2, -0.15) is 0 Å². The average Bonchev–Trinajstić information content (AvgIpc) is 2.86. The summed E-state index contributed by atoms with van der Waals surface area (Å²) in [5, 5.41) is 1.19. The fourth-order valence-electron chi connectivity index (χ4n) is 2.32. The van der Waals surface area contributed by atoms with Crippen molar-refractivity contribution in [1.29, 1.82) is 0 Å². The summed E-state index contributed by atoms with van der Waals surface area (Å²) < 4.78 is 1.97. The summed E-state index contributed by atoms with van der Waals surface area (Å²) in [5.41, 5.74) is 1.37. The van der Waals surface area contributed by atoms with Crippen molar-refractivity contribution in [3.05, 3.63) is 53.3 Å². The van der Waals surface area contributed by atoms with E-state index in [0.717, 1.165) is 5.65 Å². The van der Waals surface area contributed by atoms with Gasteiger partial charge in [0, 0.05) is 34.5 Å². The molecule has 0 aliphatic rings. The van der Waals surface area contributed by atoms with Crippen LogP contribution in [0.5, 0.6) is 0 Å². The SMILES string of the molecule is CC(C)(C)n1cc(C(=O)c2cc(Cl)ccn2)c2cncnc21. The highest BCUT2D eigenvalue weighted by Gasteiger charge is 2.23. The van der Waals surface area contributed by atoms with Crippen molar-refractivity contribution in [2.75, 3.05) is 0 Å². The minimum atomic E-state index is -0.201. The van der Waals surface area contributed by atoms with Crippen LogP contribution in [-0.4, -0.2) is 25.3 Å². The molecule has 0 aliphatic carbocycles. The molecule has 3 aromatic heterocycles. The first-order chi connectivity index (χ1) is 10.4. The van der Waals surface area contributed by atoms with Crippen LogP contribution in [0.1, 0.15) is 36.8 Å². The van der Waals surface area contributed by atoms with E-state index in [1.807, 2.05) is 10.8 Å². The monoisotopic (exact) mass is 314 g/mol. The molecule has 0 aliphatic heterocycles. The topological polar surface area (TPSA) is 60.7 Å². The van der Waals surface area contributed by atoms with Crippen LogP contribution in [0, 0.1) is 0 Å². The maximum Gasteiger partial charge on any atom is 0.213 e. The predicted octanol–water partition coefficient (Wildman–Crippen LogP) is 3.47. The van der Waals surface area contributed by atoms with Crippen molar-refractivity contribution < 1.29 is 4.79 Å².